The van der Waals surface area contributed by atoms with E-state index in [1.807, 2.05) is 6.92 Å². The molecule has 1 aliphatic heterocycles. The van der Waals surface area contributed by atoms with Crippen molar-refractivity contribution in [3.8, 4) is 16.9 Å². The molecular weight excluding hydrogens is 518 g/mol. The lowest BCUT2D eigenvalue weighted by Crippen LogP contribution is -2.43. The summed E-state index contributed by atoms with van der Waals surface area (Å²) in [7, 11) is 0. The zero-order valence-electron chi connectivity index (χ0n) is 18.9. The highest BCUT2D eigenvalue weighted by molar-refractivity contribution is 6.39. The van der Waals surface area contributed by atoms with E-state index >= 15 is 0 Å². The maximum Gasteiger partial charge on any atom is 0.326 e. The van der Waals surface area contributed by atoms with Crippen LogP contribution in [0.2, 0.25) is 10.0 Å². The molecule has 2 atom stereocenters. The van der Waals surface area contributed by atoms with Gasteiger partial charge in [-0.05, 0) is 42.2 Å². The largest absolute Gasteiger partial charge is 0.493 e. The lowest BCUT2D eigenvalue weighted by molar-refractivity contribution is -0.139. The first kappa shape index (κ1) is 25.9. The zero-order chi connectivity index (χ0) is 26.1. The summed E-state index contributed by atoms with van der Waals surface area (Å²) in [5, 5.41) is 12.1. The second-order valence-corrected chi connectivity index (χ2v) is 9.28. The molecule has 5 nitrogen and oxygen atoms in total. The summed E-state index contributed by atoms with van der Waals surface area (Å²) in [6.07, 6.45) is 0.456. The molecule has 4 rings (SSSR count). The third-order valence-electron chi connectivity index (χ3n) is 6.07. The van der Waals surface area contributed by atoms with Gasteiger partial charge >= 0.3 is 5.97 Å². The summed E-state index contributed by atoms with van der Waals surface area (Å²) in [6, 6.07) is 6.99. The van der Waals surface area contributed by atoms with E-state index in [2.05, 4.69) is 5.32 Å². The van der Waals surface area contributed by atoms with E-state index in [0.717, 1.165) is 30.3 Å². The molecule has 36 heavy (non-hydrogen) atoms. The van der Waals surface area contributed by atoms with Gasteiger partial charge in [0.2, 0.25) is 0 Å². The van der Waals surface area contributed by atoms with Gasteiger partial charge in [0.15, 0.2) is 0 Å². The molecule has 3 aromatic carbocycles. The minimum Gasteiger partial charge on any atom is -0.493 e. The molecule has 0 aromatic heterocycles. The number of fused-ring (bicyclic) bond motifs is 1. The number of hydrogen-bond acceptors (Lipinski definition) is 3. The van der Waals surface area contributed by atoms with Crippen molar-refractivity contribution in [1.82, 2.24) is 5.32 Å². The van der Waals surface area contributed by atoms with Gasteiger partial charge < -0.3 is 15.2 Å². The summed E-state index contributed by atoms with van der Waals surface area (Å²) in [4.78, 5) is 24.5. The van der Waals surface area contributed by atoms with Crippen LogP contribution >= 0.6 is 23.2 Å². The topological polar surface area (TPSA) is 75.6 Å². The van der Waals surface area contributed by atoms with E-state index in [1.54, 1.807) is 12.1 Å². The summed E-state index contributed by atoms with van der Waals surface area (Å²) >= 11 is 12.6. The van der Waals surface area contributed by atoms with Crippen molar-refractivity contribution in [2.24, 2.45) is 0 Å². The molecule has 1 heterocycles. The van der Waals surface area contributed by atoms with Gasteiger partial charge in [-0.1, -0.05) is 48.3 Å². The third-order valence-corrected chi connectivity index (χ3v) is 6.67. The van der Waals surface area contributed by atoms with Crippen LogP contribution in [0.5, 0.6) is 5.75 Å². The van der Waals surface area contributed by atoms with Crippen molar-refractivity contribution >= 4 is 35.1 Å². The summed E-state index contributed by atoms with van der Waals surface area (Å²) in [5.41, 5.74) is 1.26. The second-order valence-electron chi connectivity index (χ2n) is 8.46. The smallest absolute Gasteiger partial charge is 0.326 e. The zero-order valence-corrected chi connectivity index (χ0v) is 20.4. The number of amides is 1. The molecule has 0 radical (unpaired) electrons. The number of ether oxygens (including phenoxy) is 1. The van der Waals surface area contributed by atoms with Crippen LogP contribution in [0.25, 0.3) is 11.1 Å². The Morgan fingerprint density at radius 1 is 1.11 bits per heavy atom. The highest BCUT2D eigenvalue weighted by Gasteiger charge is 2.30. The lowest BCUT2D eigenvalue weighted by atomic mass is 9.85. The molecule has 0 spiro atoms. The van der Waals surface area contributed by atoms with Gasteiger partial charge in [-0.25, -0.2) is 18.0 Å². The van der Waals surface area contributed by atoms with Gasteiger partial charge in [0.25, 0.3) is 5.91 Å². The van der Waals surface area contributed by atoms with E-state index in [0.29, 0.717) is 41.0 Å². The van der Waals surface area contributed by atoms with Crippen LogP contribution in [0.15, 0.2) is 42.5 Å². The molecule has 3 aromatic rings. The number of benzene rings is 3. The molecule has 2 N–H and O–H groups in total. The molecule has 10 heteroatoms. The van der Waals surface area contributed by atoms with Crippen LogP contribution in [0.3, 0.4) is 0 Å². The Morgan fingerprint density at radius 2 is 1.75 bits per heavy atom. The number of carboxylic acid groups (broad SMARTS) is 1. The summed E-state index contributed by atoms with van der Waals surface area (Å²) in [5.74, 6) is -5.00. The minimum atomic E-state index is -1.49. The molecule has 0 bridgehead atoms. The van der Waals surface area contributed by atoms with Gasteiger partial charge in [-0.15, -0.1) is 0 Å². The summed E-state index contributed by atoms with van der Waals surface area (Å²) < 4.78 is 47.8. The third kappa shape index (κ3) is 5.01. The van der Waals surface area contributed by atoms with E-state index in [9.17, 15) is 27.9 Å². The van der Waals surface area contributed by atoms with Crippen molar-refractivity contribution in [1.29, 1.82) is 0 Å². The molecular formula is C26H20Cl2F3NO4. The van der Waals surface area contributed by atoms with Gasteiger partial charge in [0.1, 0.15) is 34.8 Å². The molecule has 0 unspecified atom stereocenters. The van der Waals surface area contributed by atoms with Crippen molar-refractivity contribution in [2.45, 2.75) is 31.7 Å². The minimum absolute atomic E-state index is 0.0594. The quantitative estimate of drug-likeness (QED) is 0.382. The molecule has 1 aliphatic rings. The number of carboxylic acids is 1. The van der Waals surface area contributed by atoms with Gasteiger partial charge in [-0.3, -0.25) is 4.79 Å². The SMILES string of the molecule is C[C@@H]1CCOc2c(-c3c(Cl)cc(F)cc3Cl)ccc(C[C@H](NC(=O)c3c(F)cccc3F)C(=O)O)c21. The Bertz CT molecular complexity index is 1320. The molecule has 188 valence electrons. The molecule has 0 aliphatic carbocycles. The maximum atomic E-state index is 14.0. The fourth-order valence-electron chi connectivity index (χ4n) is 4.36. The number of nitrogens with one attached hydrogen (secondary N) is 1. The first-order chi connectivity index (χ1) is 17.1. The Morgan fingerprint density at radius 3 is 2.36 bits per heavy atom. The normalized spacial score (nSPS) is 15.6. The number of halogens is 5. The molecule has 0 saturated carbocycles. The van der Waals surface area contributed by atoms with Crippen LogP contribution in [0.4, 0.5) is 13.2 Å². The van der Waals surface area contributed by atoms with Crippen LogP contribution in [0.1, 0.15) is 40.7 Å². The predicted molar refractivity (Wildman–Crippen MR) is 129 cm³/mol. The van der Waals surface area contributed by atoms with Crippen LogP contribution in [-0.4, -0.2) is 29.6 Å². The van der Waals surface area contributed by atoms with Crippen LogP contribution in [-0.2, 0) is 11.2 Å². The van der Waals surface area contributed by atoms with Gasteiger partial charge in [0.05, 0.1) is 16.7 Å². The average Bonchev–Trinajstić information content (AvgIpc) is 2.79. The van der Waals surface area contributed by atoms with Crippen molar-refractivity contribution in [3.63, 3.8) is 0 Å². The van der Waals surface area contributed by atoms with Crippen molar-refractivity contribution in [2.75, 3.05) is 6.61 Å². The highest BCUT2D eigenvalue weighted by Crippen LogP contribution is 2.47. The number of rotatable bonds is 6. The number of carbonyl (C=O) groups is 2. The Hall–Kier alpha value is -3.23. The first-order valence-corrected chi connectivity index (χ1v) is 11.7. The fourth-order valence-corrected chi connectivity index (χ4v) is 5.02. The van der Waals surface area contributed by atoms with Crippen molar-refractivity contribution in [3.05, 3.63) is 86.7 Å². The van der Waals surface area contributed by atoms with Gasteiger partial charge in [-0.2, -0.15) is 0 Å². The average molecular weight is 538 g/mol. The lowest BCUT2D eigenvalue weighted by Gasteiger charge is -2.29. The molecule has 1 amide bonds. The van der Waals surface area contributed by atoms with E-state index < -0.39 is 40.9 Å². The number of aliphatic carboxylic acids is 1. The second kappa shape index (κ2) is 10.4. The summed E-state index contributed by atoms with van der Waals surface area (Å²) in [6.45, 7) is 2.32. The Labute approximate surface area is 214 Å². The predicted octanol–water partition coefficient (Wildman–Crippen LogP) is 6.39. The van der Waals surface area contributed by atoms with E-state index in [-0.39, 0.29) is 22.4 Å². The number of hydrogen-bond donors (Lipinski definition) is 2. The fraction of sp³-hybridized carbons (Fsp3) is 0.231. The maximum absolute atomic E-state index is 14.0. The Balaban J connectivity index is 1.73. The highest BCUT2D eigenvalue weighted by atomic mass is 35.5. The van der Waals surface area contributed by atoms with E-state index in [1.165, 1.54) is 0 Å². The first-order valence-electron chi connectivity index (χ1n) is 11.0. The standard InChI is InChI=1S/C26H20Cl2F3NO4/c1-12-7-8-36-24-15(22-16(27)10-14(29)11-17(22)28)6-5-13(21(12)24)9-20(26(34)35)32-25(33)23-18(30)3-2-4-19(23)31/h2-6,10-12,20H,7-9H2,1H3,(H,32,33)(H,34,35)/t12-,20+/m1/s1. The van der Waals surface area contributed by atoms with Crippen LogP contribution in [0, 0.1) is 17.5 Å². The molecule has 0 fully saturated rings. The Kier molecular flexibility index (Phi) is 7.47. The van der Waals surface area contributed by atoms with Crippen LogP contribution < -0.4 is 10.1 Å². The monoisotopic (exact) mass is 537 g/mol. The molecule has 0 saturated heterocycles. The van der Waals surface area contributed by atoms with Crippen molar-refractivity contribution < 1.29 is 32.6 Å². The van der Waals surface area contributed by atoms with Gasteiger partial charge in [0, 0.05) is 23.1 Å². The van der Waals surface area contributed by atoms with E-state index in [4.69, 9.17) is 27.9 Å². The number of carbonyl (C=O) groups excluding carboxylic acids is 1.